The van der Waals surface area contributed by atoms with Gasteiger partial charge in [-0.3, -0.25) is 9.10 Å². The van der Waals surface area contributed by atoms with E-state index in [1.165, 1.54) is 4.31 Å². The lowest BCUT2D eigenvalue weighted by molar-refractivity contribution is -0.119. The van der Waals surface area contributed by atoms with Gasteiger partial charge < -0.3 is 10.1 Å². The summed E-state index contributed by atoms with van der Waals surface area (Å²) in [6.45, 7) is 5.56. The molecule has 0 aliphatic rings. The van der Waals surface area contributed by atoms with Gasteiger partial charge in [-0.15, -0.1) is 0 Å². The number of carbonyl (C=O) groups excluding carboxylic acids is 1. The van der Waals surface area contributed by atoms with Crippen molar-refractivity contribution < 1.29 is 17.9 Å². The second-order valence-corrected chi connectivity index (χ2v) is 9.49. The molecule has 0 aromatic heterocycles. The Kier molecular flexibility index (Phi) is 7.20. The van der Waals surface area contributed by atoms with Crippen LogP contribution in [0.4, 0.5) is 5.69 Å². The SMILES string of the molecule is COc1ccccc1CNC(=O)CN(c1cccc(C)c1C)S(=O)(=O)c1ccc(C)cc1. The Bertz CT molecular complexity index is 1200. The number of hydrogen-bond donors (Lipinski definition) is 1. The van der Waals surface area contributed by atoms with E-state index in [4.69, 9.17) is 4.74 Å². The Balaban J connectivity index is 1.91. The molecule has 0 bridgehead atoms. The van der Waals surface area contributed by atoms with E-state index in [0.717, 1.165) is 22.3 Å². The summed E-state index contributed by atoms with van der Waals surface area (Å²) >= 11 is 0. The molecule has 3 aromatic rings. The number of ether oxygens (including phenoxy) is 1. The third-order valence-corrected chi connectivity index (χ3v) is 7.18. The number of nitrogens with one attached hydrogen (secondary N) is 1. The third-order valence-electron chi connectivity index (χ3n) is 5.41. The second kappa shape index (κ2) is 9.87. The summed E-state index contributed by atoms with van der Waals surface area (Å²) in [5, 5.41) is 2.82. The number of amides is 1. The van der Waals surface area contributed by atoms with Gasteiger partial charge in [0.2, 0.25) is 5.91 Å². The molecule has 0 aliphatic carbocycles. The summed E-state index contributed by atoms with van der Waals surface area (Å²) in [6, 6.07) is 19.4. The predicted octanol–water partition coefficient (Wildman–Crippen LogP) is 4.13. The Morgan fingerprint density at radius 3 is 2.31 bits per heavy atom. The largest absolute Gasteiger partial charge is 0.496 e. The van der Waals surface area contributed by atoms with Crippen molar-refractivity contribution in [3.63, 3.8) is 0 Å². The Morgan fingerprint density at radius 2 is 1.62 bits per heavy atom. The molecule has 3 aromatic carbocycles. The highest BCUT2D eigenvalue weighted by Crippen LogP contribution is 2.28. The van der Waals surface area contributed by atoms with Gasteiger partial charge in [0.1, 0.15) is 12.3 Å². The Morgan fingerprint density at radius 1 is 0.938 bits per heavy atom. The highest BCUT2D eigenvalue weighted by atomic mass is 32.2. The van der Waals surface area contributed by atoms with E-state index >= 15 is 0 Å². The number of para-hydroxylation sites is 1. The molecule has 32 heavy (non-hydrogen) atoms. The highest BCUT2D eigenvalue weighted by Gasteiger charge is 2.28. The molecule has 0 unspecified atom stereocenters. The average molecular weight is 453 g/mol. The summed E-state index contributed by atoms with van der Waals surface area (Å²) < 4.78 is 33.6. The monoisotopic (exact) mass is 452 g/mol. The zero-order valence-corrected chi connectivity index (χ0v) is 19.6. The summed E-state index contributed by atoms with van der Waals surface area (Å²) in [6.07, 6.45) is 0. The van der Waals surface area contributed by atoms with Gasteiger partial charge >= 0.3 is 0 Å². The summed E-state index contributed by atoms with van der Waals surface area (Å²) in [4.78, 5) is 13.0. The Hall–Kier alpha value is -3.32. The minimum atomic E-state index is -3.95. The zero-order valence-electron chi connectivity index (χ0n) is 18.8. The number of methoxy groups -OCH3 is 1. The summed E-state index contributed by atoms with van der Waals surface area (Å²) in [5.74, 6) is 0.249. The fourth-order valence-corrected chi connectivity index (χ4v) is 4.85. The molecule has 0 saturated heterocycles. The molecular weight excluding hydrogens is 424 g/mol. The van der Waals surface area contributed by atoms with Crippen LogP contribution in [0.15, 0.2) is 71.6 Å². The maximum atomic E-state index is 13.5. The second-order valence-electron chi connectivity index (χ2n) is 7.63. The maximum Gasteiger partial charge on any atom is 0.264 e. The van der Waals surface area contributed by atoms with E-state index in [1.54, 1.807) is 43.5 Å². The number of anilines is 1. The van der Waals surface area contributed by atoms with Gasteiger partial charge in [0.15, 0.2) is 0 Å². The zero-order chi connectivity index (χ0) is 23.3. The smallest absolute Gasteiger partial charge is 0.264 e. The Labute approximate surface area is 189 Å². The molecular formula is C25H28N2O4S. The van der Waals surface area contributed by atoms with Crippen molar-refractivity contribution in [2.75, 3.05) is 18.0 Å². The number of rotatable bonds is 8. The molecule has 3 rings (SSSR count). The molecule has 0 saturated carbocycles. The van der Waals surface area contributed by atoms with Crippen LogP contribution in [0.1, 0.15) is 22.3 Å². The molecule has 6 nitrogen and oxygen atoms in total. The van der Waals surface area contributed by atoms with Gasteiger partial charge in [-0.25, -0.2) is 8.42 Å². The lowest BCUT2D eigenvalue weighted by atomic mass is 10.1. The maximum absolute atomic E-state index is 13.5. The summed E-state index contributed by atoms with van der Waals surface area (Å²) in [7, 11) is -2.39. The fraction of sp³-hybridized carbons (Fsp3) is 0.240. The summed E-state index contributed by atoms with van der Waals surface area (Å²) in [5.41, 5.74) is 4.00. The molecule has 1 amide bonds. The lowest BCUT2D eigenvalue weighted by Gasteiger charge is -2.26. The first-order valence-electron chi connectivity index (χ1n) is 10.3. The van der Waals surface area contributed by atoms with E-state index in [2.05, 4.69) is 5.32 Å². The van der Waals surface area contributed by atoms with Crippen molar-refractivity contribution in [2.24, 2.45) is 0 Å². The van der Waals surface area contributed by atoms with Crippen molar-refractivity contribution >= 4 is 21.6 Å². The van der Waals surface area contributed by atoms with Crippen LogP contribution in [0.3, 0.4) is 0 Å². The van der Waals surface area contributed by atoms with Crippen molar-refractivity contribution in [2.45, 2.75) is 32.2 Å². The van der Waals surface area contributed by atoms with Gasteiger partial charge in [0.05, 0.1) is 17.7 Å². The van der Waals surface area contributed by atoms with Crippen molar-refractivity contribution in [3.8, 4) is 5.75 Å². The lowest BCUT2D eigenvalue weighted by Crippen LogP contribution is -2.41. The molecule has 0 heterocycles. The van der Waals surface area contributed by atoms with Crippen LogP contribution >= 0.6 is 0 Å². The van der Waals surface area contributed by atoms with Crippen molar-refractivity contribution in [1.82, 2.24) is 5.32 Å². The standard InChI is InChI=1S/C25H28N2O4S/c1-18-12-14-22(15-13-18)32(29,30)27(23-10-7-8-19(2)20(23)3)17-25(28)26-16-21-9-5-6-11-24(21)31-4/h5-15H,16-17H2,1-4H3,(H,26,28). The number of nitrogens with zero attached hydrogens (tertiary/aromatic N) is 1. The van der Waals surface area contributed by atoms with E-state index in [1.807, 2.05) is 51.1 Å². The van der Waals surface area contributed by atoms with E-state index < -0.39 is 15.9 Å². The minimum absolute atomic E-state index is 0.140. The van der Waals surface area contributed by atoms with E-state index in [-0.39, 0.29) is 18.0 Å². The van der Waals surface area contributed by atoms with Gasteiger partial charge in [-0.1, -0.05) is 48.0 Å². The number of sulfonamides is 1. The quantitative estimate of drug-likeness (QED) is 0.558. The highest BCUT2D eigenvalue weighted by molar-refractivity contribution is 7.92. The van der Waals surface area contributed by atoms with Gasteiger partial charge in [-0.05, 0) is 56.2 Å². The van der Waals surface area contributed by atoms with Crippen LogP contribution in [-0.4, -0.2) is 28.0 Å². The topological polar surface area (TPSA) is 75.7 Å². The minimum Gasteiger partial charge on any atom is -0.496 e. The average Bonchev–Trinajstić information content (AvgIpc) is 2.78. The number of aryl methyl sites for hydroxylation is 2. The van der Waals surface area contributed by atoms with Gasteiger partial charge in [0, 0.05) is 12.1 Å². The van der Waals surface area contributed by atoms with Gasteiger partial charge in [0.25, 0.3) is 10.0 Å². The van der Waals surface area contributed by atoms with Crippen molar-refractivity contribution in [3.05, 3.63) is 89.0 Å². The molecule has 7 heteroatoms. The molecule has 1 N–H and O–H groups in total. The van der Waals surface area contributed by atoms with Crippen LogP contribution in [0, 0.1) is 20.8 Å². The number of carbonyl (C=O) groups is 1. The predicted molar refractivity (Wildman–Crippen MR) is 126 cm³/mol. The van der Waals surface area contributed by atoms with Crippen molar-refractivity contribution in [1.29, 1.82) is 0 Å². The first-order chi connectivity index (χ1) is 15.2. The van der Waals surface area contributed by atoms with E-state index in [0.29, 0.717) is 11.4 Å². The van der Waals surface area contributed by atoms with Crippen LogP contribution in [0.2, 0.25) is 0 Å². The molecule has 0 radical (unpaired) electrons. The molecule has 0 spiro atoms. The fourth-order valence-electron chi connectivity index (χ4n) is 3.37. The third kappa shape index (κ3) is 5.11. The number of benzene rings is 3. The molecule has 0 atom stereocenters. The van der Waals surface area contributed by atoms with Crippen LogP contribution in [0.25, 0.3) is 0 Å². The molecule has 168 valence electrons. The number of hydrogen-bond acceptors (Lipinski definition) is 4. The molecule has 0 fully saturated rings. The molecule has 0 aliphatic heterocycles. The van der Waals surface area contributed by atoms with Crippen LogP contribution < -0.4 is 14.4 Å². The normalized spacial score (nSPS) is 11.1. The van der Waals surface area contributed by atoms with Gasteiger partial charge in [-0.2, -0.15) is 0 Å². The van der Waals surface area contributed by atoms with Crippen LogP contribution in [0.5, 0.6) is 5.75 Å². The van der Waals surface area contributed by atoms with Crippen LogP contribution in [-0.2, 0) is 21.4 Å². The first kappa shape index (κ1) is 23.3. The van der Waals surface area contributed by atoms with E-state index in [9.17, 15) is 13.2 Å². The first-order valence-corrected chi connectivity index (χ1v) is 11.7.